The van der Waals surface area contributed by atoms with Crippen molar-refractivity contribution in [2.24, 2.45) is 5.92 Å². The molecule has 4 rings (SSSR count). The number of hydrogen-bond donors (Lipinski definition) is 0. The minimum absolute atomic E-state index is 0.0658. The van der Waals surface area contributed by atoms with Gasteiger partial charge in [-0.3, -0.25) is 0 Å². The van der Waals surface area contributed by atoms with Crippen LogP contribution in [0, 0.1) is 12.8 Å². The first-order valence-electron chi connectivity index (χ1n) is 8.95. The van der Waals surface area contributed by atoms with Crippen molar-refractivity contribution >= 4 is 10.0 Å². The Kier molecular flexibility index (Phi) is 4.34. The second-order valence-electron chi connectivity index (χ2n) is 7.22. The summed E-state index contributed by atoms with van der Waals surface area (Å²) in [5, 5.41) is 7.65. The molecule has 8 nitrogen and oxygen atoms in total. The molecular formula is C16H21F2N5O3S. The maximum atomic E-state index is 13.1. The van der Waals surface area contributed by atoms with Crippen LogP contribution >= 0.6 is 0 Å². The van der Waals surface area contributed by atoms with E-state index in [4.69, 9.17) is 4.52 Å². The third kappa shape index (κ3) is 2.70. The third-order valence-corrected chi connectivity index (χ3v) is 7.77. The smallest absolute Gasteiger partial charge is 0.333 e. The second kappa shape index (κ2) is 6.33. The predicted molar refractivity (Wildman–Crippen MR) is 89.7 cm³/mol. The molecule has 2 aromatic heterocycles. The van der Waals surface area contributed by atoms with E-state index in [-0.39, 0.29) is 23.1 Å². The predicted octanol–water partition coefficient (Wildman–Crippen LogP) is 2.27. The highest BCUT2D eigenvalue weighted by Gasteiger charge is 2.56. The Hall–Kier alpha value is -1.88. The summed E-state index contributed by atoms with van der Waals surface area (Å²) in [5.74, 6) is 1.17. The van der Waals surface area contributed by atoms with E-state index < -0.39 is 22.0 Å². The third-order valence-electron chi connectivity index (χ3n) is 5.86. The summed E-state index contributed by atoms with van der Waals surface area (Å²) in [6.45, 7) is 0.908. The first-order valence-corrected chi connectivity index (χ1v) is 10.4. The van der Waals surface area contributed by atoms with Crippen molar-refractivity contribution in [3.05, 3.63) is 23.6 Å². The largest absolute Gasteiger partial charge is 0.339 e. The summed E-state index contributed by atoms with van der Waals surface area (Å²) >= 11 is 0. The Balaban J connectivity index is 1.68. The normalized spacial score (nSPS) is 26.2. The lowest BCUT2D eigenvalue weighted by atomic mass is 9.80. The van der Waals surface area contributed by atoms with Crippen LogP contribution in [-0.2, 0) is 21.9 Å². The van der Waals surface area contributed by atoms with Gasteiger partial charge in [0.25, 0.3) is 0 Å². The monoisotopic (exact) mass is 401 g/mol. The van der Waals surface area contributed by atoms with E-state index in [0.717, 1.165) is 25.5 Å². The summed E-state index contributed by atoms with van der Waals surface area (Å²) in [4.78, 5) is 4.28. The van der Waals surface area contributed by atoms with Gasteiger partial charge in [-0.15, -0.1) is 0 Å². The van der Waals surface area contributed by atoms with Crippen molar-refractivity contribution in [3.63, 3.8) is 0 Å². The molecule has 0 spiro atoms. The number of hydrogen-bond acceptors (Lipinski definition) is 6. The van der Waals surface area contributed by atoms with Gasteiger partial charge in [0, 0.05) is 19.5 Å². The Labute approximate surface area is 155 Å². The van der Waals surface area contributed by atoms with Crippen LogP contribution in [0.5, 0.6) is 0 Å². The number of nitrogens with zero attached hydrogens (tertiary/aromatic N) is 5. The molecule has 2 aromatic rings. The minimum Gasteiger partial charge on any atom is -0.339 e. The summed E-state index contributed by atoms with van der Waals surface area (Å²) in [5.41, 5.74) is -0.541. The van der Waals surface area contributed by atoms with E-state index in [1.807, 2.05) is 6.92 Å². The van der Waals surface area contributed by atoms with Crippen LogP contribution in [0.2, 0.25) is 0 Å². The van der Waals surface area contributed by atoms with Crippen LogP contribution in [0.3, 0.4) is 0 Å². The second-order valence-corrected chi connectivity index (χ2v) is 9.13. The van der Waals surface area contributed by atoms with E-state index in [0.29, 0.717) is 29.4 Å². The topological polar surface area (TPSA) is 94.1 Å². The number of halogens is 2. The van der Waals surface area contributed by atoms with Gasteiger partial charge in [-0.2, -0.15) is 23.2 Å². The average Bonchev–Trinajstić information content (AvgIpc) is 3.35. The van der Waals surface area contributed by atoms with E-state index in [1.165, 1.54) is 11.2 Å². The maximum absolute atomic E-state index is 13.1. The van der Waals surface area contributed by atoms with Gasteiger partial charge in [-0.25, -0.2) is 13.1 Å². The lowest BCUT2D eigenvalue weighted by Crippen LogP contribution is -2.35. The molecule has 3 heterocycles. The fraction of sp³-hybridized carbons (Fsp3) is 0.688. The molecule has 1 aliphatic carbocycles. The zero-order valence-corrected chi connectivity index (χ0v) is 15.9. The molecule has 0 N–H and O–H groups in total. The van der Waals surface area contributed by atoms with E-state index in [2.05, 4.69) is 15.2 Å². The molecule has 2 aliphatic rings. The molecule has 0 radical (unpaired) electrons. The molecule has 1 aliphatic heterocycles. The minimum atomic E-state index is -3.94. The van der Waals surface area contributed by atoms with Gasteiger partial charge in [0.05, 0.1) is 17.3 Å². The molecule has 2 fully saturated rings. The number of alkyl halides is 2. The molecular weight excluding hydrogens is 380 g/mol. The van der Waals surface area contributed by atoms with Gasteiger partial charge in [-0.1, -0.05) is 18.5 Å². The molecule has 2 atom stereocenters. The number of sulfonamides is 1. The van der Waals surface area contributed by atoms with Crippen LogP contribution in [-0.4, -0.2) is 45.7 Å². The van der Waals surface area contributed by atoms with Gasteiger partial charge >= 0.3 is 6.55 Å². The average molecular weight is 401 g/mol. The first-order chi connectivity index (χ1) is 12.8. The quantitative estimate of drug-likeness (QED) is 0.763. The van der Waals surface area contributed by atoms with Crippen LogP contribution < -0.4 is 0 Å². The van der Waals surface area contributed by atoms with Crippen molar-refractivity contribution in [2.45, 2.75) is 56.4 Å². The lowest BCUT2D eigenvalue weighted by molar-refractivity contribution is 0.0541. The van der Waals surface area contributed by atoms with Gasteiger partial charge in [0.1, 0.15) is 4.90 Å². The number of rotatable bonds is 5. The molecule has 0 bridgehead atoms. The molecule has 2 unspecified atom stereocenters. The maximum Gasteiger partial charge on any atom is 0.333 e. The number of aromatic nitrogens is 4. The number of aryl methyl sites for hydroxylation is 1. The van der Waals surface area contributed by atoms with Crippen LogP contribution in [0.15, 0.2) is 15.6 Å². The highest BCUT2D eigenvalue weighted by Crippen LogP contribution is 2.50. The number of fused-ring (bicyclic) bond motifs is 1. The molecule has 148 valence electrons. The molecule has 1 saturated carbocycles. The molecule has 0 amide bonds. The molecule has 0 aromatic carbocycles. The molecule has 11 heteroatoms. The van der Waals surface area contributed by atoms with Crippen molar-refractivity contribution in [2.75, 3.05) is 13.1 Å². The first kappa shape index (κ1) is 18.5. The van der Waals surface area contributed by atoms with Gasteiger partial charge in [0.15, 0.2) is 5.82 Å². The summed E-state index contributed by atoms with van der Waals surface area (Å²) < 4.78 is 59.2. The van der Waals surface area contributed by atoms with Crippen LogP contribution in [0.1, 0.15) is 50.1 Å². The lowest BCUT2D eigenvalue weighted by Gasteiger charge is -2.24. The van der Waals surface area contributed by atoms with Crippen LogP contribution in [0.25, 0.3) is 0 Å². The fourth-order valence-electron chi connectivity index (χ4n) is 4.39. The SMILES string of the molecule is CCc1nc(C23CCCC2CN(S(=O)(=O)c2cnn(C(F)F)c2C)C3)no1. The summed E-state index contributed by atoms with van der Waals surface area (Å²) in [7, 11) is -3.94. The van der Waals surface area contributed by atoms with Gasteiger partial charge in [-0.05, 0) is 25.7 Å². The van der Waals surface area contributed by atoms with E-state index in [1.54, 1.807) is 0 Å². The van der Waals surface area contributed by atoms with Crippen molar-refractivity contribution in [1.82, 2.24) is 24.2 Å². The Morgan fingerprint density at radius 1 is 1.44 bits per heavy atom. The fourth-order valence-corrected chi connectivity index (χ4v) is 6.09. The zero-order chi connectivity index (χ0) is 19.4. The van der Waals surface area contributed by atoms with E-state index >= 15 is 0 Å². The highest BCUT2D eigenvalue weighted by molar-refractivity contribution is 7.89. The standard InChI is InChI=1S/C16H21F2N5O3S/c1-3-13-20-14(21-26-13)16-6-4-5-11(16)8-22(9-16)27(24,25)12-7-19-23(10(12)2)15(17)18/h7,11,15H,3-6,8-9H2,1-2H3. The van der Waals surface area contributed by atoms with Crippen molar-refractivity contribution in [3.8, 4) is 0 Å². The van der Waals surface area contributed by atoms with Crippen LogP contribution in [0.4, 0.5) is 8.78 Å². The summed E-state index contributed by atoms with van der Waals surface area (Å²) in [6.07, 6.45) is 4.23. The Morgan fingerprint density at radius 3 is 2.85 bits per heavy atom. The van der Waals surface area contributed by atoms with E-state index in [9.17, 15) is 17.2 Å². The Morgan fingerprint density at radius 2 is 2.22 bits per heavy atom. The van der Waals surface area contributed by atoms with Gasteiger partial charge in [0.2, 0.25) is 15.9 Å². The molecule has 1 saturated heterocycles. The molecule has 27 heavy (non-hydrogen) atoms. The van der Waals surface area contributed by atoms with Crippen molar-refractivity contribution < 1.29 is 21.7 Å². The highest BCUT2D eigenvalue weighted by atomic mass is 32.2. The van der Waals surface area contributed by atoms with Gasteiger partial charge < -0.3 is 4.52 Å². The zero-order valence-electron chi connectivity index (χ0n) is 15.1. The summed E-state index contributed by atoms with van der Waals surface area (Å²) in [6, 6.07) is 0. The Bertz CT molecular complexity index is 957. The van der Waals surface area contributed by atoms with Crippen molar-refractivity contribution in [1.29, 1.82) is 0 Å².